The van der Waals surface area contributed by atoms with E-state index < -0.39 is 11.9 Å². The molecule has 0 spiro atoms. The van der Waals surface area contributed by atoms with Gasteiger partial charge >= 0.3 is 5.97 Å². The molecule has 13 nitrogen and oxygen atoms in total. The van der Waals surface area contributed by atoms with Crippen molar-refractivity contribution in [3.63, 3.8) is 0 Å². The number of rotatable bonds is 14. The molecule has 3 saturated heterocycles. The zero-order valence-corrected chi connectivity index (χ0v) is 40.6. The number of nitrogens with zero attached hydrogens (tertiary/aromatic N) is 4. The smallest absolute Gasteiger partial charge is 0.335 e. The van der Waals surface area contributed by atoms with E-state index in [-0.39, 0.29) is 11.1 Å². The Kier molecular flexibility index (Phi) is 24.4. The van der Waals surface area contributed by atoms with Crippen molar-refractivity contribution in [2.24, 2.45) is 0 Å². The van der Waals surface area contributed by atoms with Crippen LogP contribution in [0.1, 0.15) is 139 Å². The van der Waals surface area contributed by atoms with Crippen LogP contribution in [0.5, 0.6) is 23.0 Å². The fourth-order valence-electron chi connectivity index (χ4n) is 8.15. The van der Waals surface area contributed by atoms with E-state index in [1.165, 1.54) is 60.0 Å². The van der Waals surface area contributed by atoms with Crippen LogP contribution in [-0.4, -0.2) is 87.6 Å². The quantitative estimate of drug-likeness (QED) is 0.113. The molecule has 0 unspecified atom stereocenters. The Morgan fingerprint density at radius 3 is 1.03 bits per heavy atom. The van der Waals surface area contributed by atoms with E-state index in [0.717, 1.165) is 70.2 Å². The molecule has 2 N–H and O–H groups in total. The average Bonchev–Trinajstić information content (AvgIpc) is 3.31. The van der Waals surface area contributed by atoms with Gasteiger partial charge in [0.15, 0.2) is 0 Å². The SMILES string of the molecule is C1C[NH+]2CCN1CC2.CC#N.CC#N.CC#N.CCCOc1c2cccc1Cc1cc(C(=O)O)cc(c1OCCC)Cc1cccc(c1OCCC)Cc1cc(C(=O)[O-])cc(c1OCCC)C2. The number of aromatic carboxylic acids is 2. The normalized spacial score (nSPS) is 14.9. The highest BCUT2D eigenvalue weighted by Gasteiger charge is 2.26. The van der Waals surface area contributed by atoms with Gasteiger partial charge < -0.3 is 38.9 Å². The summed E-state index contributed by atoms with van der Waals surface area (Å²) in [7, 11) is 0. The Labute approximate surface area is 398 Å². The first kappa shape index (κ1) is 54.7. The number of carboxylic acid groups (broad SMARTS) is 2. The molecule has 3 fully saturated rings. The predicted molar refractivity (Wildman–Crippen MR) is 257 cm³/mol. The molecular weight excluding hydrogens is 847 g/mol. The van der Waals surface area contributed by atoms with Crippen LogP contribution in [0.15, 0.2) is 60.7 Å². The lowest BCUT2D eigenvalue weighted by Crippen LogP contribution is -3.17. The second-order valence-electron chi connectivity index (χ2n) is 16.3. The van der Waals surface area contributed by atoms with Gasteiger partial charge in [-0.15, -0.1) is 0 Å². The van der Waals surface area contributed by atoms with E-state index in [1.54, 1.807) is 42.5 Å². The van der Waals surface area contributed by atoms with Gasteiger partial charge in [-0.3, -0.25) is 4.90 Å². The summed E-state index contributed by atoms with van der Waals surface area (Å²) in [5, 5.41) is 44.6. The number of piperazine rings is 3. The molecule has 4 aromatic carbocycles. The predicted octanol–water partition coefficient (Wildman–Crippen LogP) is 7.37. The molecular formula is C54H69N5O8. The van der Waals surface area contributed by atoms with Crippen molar-refractivity contribution in [2.75, 3.05) is 65.7 Å². The van der Waals surface area contributed by atoms with Crippen molar-refractivity contribution in [1.82, 2.24) is 4.90 Å². The molecule has 4 aliphatic rings. The van der Waals surface area contributed by atoms with Gasteiger partial charge in [-0.25, -0.2) is 4.79 Å². The molecule has 0 saturated carbocycles. The van der Waals surface area contributed by atoms with Gasteiger partial charge in [0.2, 0.25) is 0 Å². The van der Waals surface area contributed by atoms with Gasteiger partial charge in [-0.1, -0.05) is 64.1 Å². The van der Waals surface area contributed by atoms with Crippen LogP contribution < -0.4 is 29.0 Å². The van der Waals surface area contributed by atoms with E-state index in [1.807, 2.05) is 69.0 Å². The maximum Gasteiger partial charge on any atom is 0.335 e. The molecule has 0 radical (unpaired) electrons. The summed E-state index contributed by atoms with van der Waals surface area (Å²) >= 11 is 0. The van der Waals surface area contributed by atoms with Gasteiger partial charge in [0.1, 0.15) is 23.0 Å². The number of ether oxygens (including phenoxy) is 4. The molecule has 67 heavy (non-hydrogen) atoms. The van der Waals surface area contributed by atoms with Crippen LogP contribution in [0.4, 0.5) is 0 Å². The van der Waals surface area contributed by atoms with Gasteiger partial charge in [0.25, 0.3) is 0 Å². The third-order valence-corrected chi connectivity index (χ3v) is 11.0. The fraction of sp³-hybridized carbons (Fsp3) is 0.463. The summed E-state index contributed by atoms with van der Waals surface area (Å²) in [4.78, 5) is 29.3. The molecule has 3 heterocycles. The molecule has 4 aromatic rings. The Bertz CT molecular complexity index is 2060. The maximum atomic E-state index is 12.5. The summed E-state index contributed by atoms with van der Waals surface area (Å²) in [5.74, 6) is 0.415. The largest absolute Gasteiger partial charge is 0.545 e. The highest BCUT2D eigenvalue weighted by molar-refractivity contribution is 5.89. The van der Waals surface area contributed by atoms with Gasteiger partial charge in [0.05, 0.1) is 75.8 Å². The maximum absolute atomic E-state index is 12.5. The molecule has 10 bridgehead atoms. The number of carbonyl (C=O) groups excluding carboxylic acids is 1. The number of fused-ring (bicyclic) bond motifs is 11. The summed E-state index contributed by atoms with van der Waals surface area (Å²) in [6.07, 6.45) is 4.55. The fourth-order valence-corrected chi connectivity index (χ4v) is 8.15. The number of quaternary nitrogens is 1. The number of carboxylic acids is 2. The number of hydrogen-bond donors (Lipinski definition) is 2. The number of nitrogens with one attached hydrogen (secondary N) is 1. The molecule has 1 aliphatic carbocycles. The Balaban J connectivity index is 0.000000590. The van der Waals surface area contributed by atoms with E-state index in [9.17, 15) is 19.8 Å². The summed E-state index contributed by atoms with van der Waals surface area (Å²) in [5.41, 5.74) is 6.67. The topological polar surface area (TPSA) is 193 Å². The molecule has 8 rings (SSSR count). The zero-order valence-electron chi connectivity index (χ0n) is 40.6. The standard InChI is InChI=1S/C42H48O8.C6H12N2.3C2H3N/c1-5-15-47-37-27-11-9-12-28(37)20-32-24-36(42(45)46)26-34(40(32)50-18-8-4)22-30-14-10-13-29(38(30)48-16-6-2)21-33-25-35(41(43)44)23-31(19-27)39(33)49-17-7-3;1-2-8-5-3-7(1)4-6-8;3*1-2-3/h9-14,23-26H,5-8,15-22H2,1-4H3,(H,43,44)(H,45,46);1-6H2;3*1H3. The number of nitriles is 3. The monoisotopic (exact) mass is 916 g/mol. The van der Waals surface area contributed by atoms with Crippen LogP contribution in [0, 0.1) is 34.0 Å². The Morgan fingerprint density at radius 1 is 0.552 bits per heavy atom. The van der Waals surface area contributed by atoms with Crippen molar-refractivity contribution in [1.29, 1.82) is 15.8 Å². The Morgan fingerprint density at radius 2 is 0.821 bits per heavy atom. The van der Waals surface area contributed by atoms with Crippen LogP contribution in [0.25, 0.3) is 0 Å². The van der Waals surface area contributed by atoms with E-state index in [0.29, 0.717) is 75.1 Å². The van der Waals surface area contributed by atoms with E-state index in [4.69, 9.17) is 34.7 Å². The number of para-hydroxylation sites is 2. The number of hydrogen-bond acceptors (Lipinski definition) is 11. The summed E-state index contributed by atoms with van der Waals surface area (Å²) in [6.45, 7) is 22.6. The lowest BCUT2D eigenvalue weighted by atomic mass is 9.89. The molecule has 0 amide bonds. The molecule has 3 aliphatic heterocycles. The van der Waals surface area contributed by atoms with Crippen LogP contribution >= 0.6 is 0 Å². The third kappa shape index (κ3) is 16.7. The van der Waals surface area contributed by atoms with E-state index >= 15 is 0 Å². The van der Waals surface area contributed by atoms with Crippen LogP contribution in [-0.2, 0) is 25.7 Å². The van der Waals surface area contributed by atoms with Crippen molar-refractivity contribution in [3.8, 4) is 41.2 Å². The summed E-state index contributed by atoms with van der Waals surface area (Å²) in [6, 6.07) is 23.8. The molecule has 0 aromatic heterocycles. The highest BCUT2D eigenvalue weighted by atomic mass is 16.5. The minimum absolute atomic E-state index is 0.0771. The van der Waals surface area contributed by atoms with E-state index in [2.05, 4.69) is 4.90 Å². The second kappa shape index (κ2) is 29.8. The van der Waals surface area contributed by atoms with Crippen LogP contribution in [0.2, 0.25) is 0 Å². The molecule has 358 valence electrons. The van der Waals surface area contributed by atoms with Gasteiger partial charge in [0, 0.05) is 66.1 Å². The Hall–Kier alpha value is -6.59. The minimum Gasteiger partial charge on any atom is -0.545 e. The zero-order chi connectivity index (χ0) is 49.1. The first-order valence-electron chi connectivity index (χ1n) is 23.4. The number of benzene rings is 4. The van der Waals surface area contributed by atoms with Crippen molar-refractivity contribution >= 4 is 11.9 Å². The summed E-state index contributed by atoms with van der Waals surface area (Å²) < 4.78 is 25.8. The minimum atomic E-state index is -1.26. The average molecular weight is 916 g/mol. The second-order valence-corrected chi connectivity index (χ2v) is 16.3. The lowest BCUT2D eigenvalue weighted by molar-refractivity contribution is -0.914. The van der Waals surface area contributed by atoms with Gasteiger partial charge in [-0.05, 0) is 100 Å². The van der Waals surface area contributed by atoms with Crippen molar-refractivity contribution in [2.45, 2.75) is 99.8 Å². The highest BCUT2D eigenvalue weighted by Crippen LogP contribution is 2.40. The third-order valence-electron chi connectivity index (χ3n) is 11.0. The molecule has 0 atom stereocenters. The first-order chi connectivity index (χ1) is 32.5. The van der Waals surface area contributed by atoms with Gasteiger partial charge in [-0.2, -0.15) is 15.8 Å². The van der Waals surface area contributed by atoms with Crippen molar-refractivity contribution < 1.29 is 43.6 Å². The van der Waals surface area contributed by atoms with Crippen LogP contribution in [0.3, 0.4) is 0 Å². The lowest BCUT2D eigenvalue weighted by Gasteiger charge is -2.38. The first-order valence-corrected chi connectivity index (χ1v) is 23.4. The number of carbonyl (C=O) groups is 2. The molecule has 13 heteroatoms. The van der Waals surface area contributed by atoms with Crippen molar-refractivity contribution in [3.05, 3.63) is 116 Å².